The number of hydrogen-bond donors (Lipinski definition) is 2. The number of nitrogens with one attached hydrogen (secondary N) is 1. The molecule has 0 saturated heterocycles. The number of rotatable bonds is 10. The molecular formula is C23H26N4O4S. The maximum Gasteiger partial charge on any atom is 0.342 e. The molecule has 1 heterocycles. The maximum atomic E-state index is 11.8. The minimum Gasteiger partial charge on any atom is -0.497 e. The van der Waals surface area contributed by atoms with Crippen LogP contribution in [0.15, 0.2) is 52.5 Å². The van der Waals surface area contributed by atoms with Crippen LogP contribution in [0.4, 0.5) is 5.69 Å². The Labute approximate surface area is 191 Å². The van der Waals surface area contributed by atoms with E-state index < -0.39 is 5.97 Å². The van der Waals surface area contributed by atoms with Crippen molar-refractivity contribution < 1.29 is 19.4 Å². The summed E-state index contributed by atoms with van der Waals surface area (Å²) in [7, 11) is 3.14. The summed E-state index contributed by atoms with van der Waals surface area (Å²) >= 11 is 0.982. The predicted octanol–water partition coefficient (Wildman–Crippen LogP) is 4.55. The van der Waals surface area contributed by atoms with Crippen LogP contribution in [0.2, 0.25) is 0 Å². The summed E-state index contributed by atoms with van der Waals surface area (Å²) < 4.78 is 10.6. The maximum absolute atomic E-state index is 11.8. The average molecular weight is 455 g/mol. The molecule has 1 aromatic heterocycles. The SMILES string of the molecule is CCN(CC)c1ccc(/C=C(\Sc2n[nH]c(-c3cc(OC)cc(OC)c3)n2)C(=O)O)cc1. The number of aliphatic carboxylic acids is 1. The summed E-state index contributed by atoms with van der Waals surface area (Å²) in [4.78, 5) is 18.6. The van der Waals surface area contributed by atoms with Crippen molar-refractivity contribution in [3.63, 3.8) is 0 Å². The standard InChI is InChI=1S/C23H26N4O4S/c1-5-27(6-2)17-9-7-15(8-10-17)11-20(22(28)29)32-23-24-21(25-26-23)16-12-18(30-3)14-19(13-16)31-4/h7-14H,5-6H2,1-4H3,(H,28,29)(H,24,25,26)/b20-11-. The van der Waals surface area contributed by atoms with Crippen LogP contribution in [0.5, 0.6) is 11.5 Å². The zero-order chi connectivity index (χ0) is 23.1. The number of anilines is 1. The van der Waals surface area contributed by atoms with Gasteiger partial charge < -0.3 is 19.5 Å². The lowest BCUT2D eigenvalue weighted by molar-refractivity contribution is -0.131. The molecule has 2 N–H and O–H groups in total. The molecule has 0 unspecified atom stereocenters. The highest BCUT2D eigenvalue weighted by Crippen LogP contribution is 2.31. The number of aromatic amines is 1. The van der Waals surface area contributed by atoms with Crippen molar-refractivity contribution in [1.29, 1.82) is 0 Å². The molecule has 0 atom stereocenters. The summed E-state index contributed by atoms with van der Waals surface area (Å²) in [5, 5.41) is 17.0. The van der Waals surface area contributed by atoms with Crippen LogP contribution < -0.4 is 14.4 Å². The van der Waals surface area contributed by atoms with Gasteiger partial charge >= 0.3 is 5.97 Å². The second-order valence-electron chi connectivity index (χ2n) is 6.75. The zero-order valence-corrected chi connectivity index (χ0v) is 19.3. The topological polar surface area (TPSA) is 101 Å². The van der Waals surface area contributed by atoms with E-state index in [-0.39, 0.29) is 4.91 Å². The Morgan fingerprint density at radius 2 is 1.72 bits per heavy atom. The first kappa shape index (κ1) is 23.2. The van der Waals surface area contributed by atoms with Crippen LogP contribution in [-0.2, 0) is 4.79 Å². The third-order valence-corrected chi connectivity index (χ3v) is 5.70. The van der Waals surface area contributed by atoms with Crippen molar-refractivity contribution >= 4 is 29.5 Å². The smallest absolute Gasteiger partial charge is 0.342 e. The number of carboxylic acids is 1. The van der Waals surface area contributed by atoms with E-state index in [2.05, 4.69) is 33.9 Å². The minimum atomic E-state index is -1.04. The van der Waals surface area contributed by atoms with E-state index >= 15 is 0 Å². The molecule has 0 aliphatic rings. The lowest BCUT2D eigenvalue weighted by Crippen LogP contribution is -2.21. The van der Waals surface area contributed by atoms with Gasteiger partial charge in [0, 0.05) is 30.4 Å². The molecule has 8 nitrogen and oxygen atoms in total. The summed E-state index contributed by atoms with van der Waals surface area (Å²) in [5.41, 5.74) is 2.61. The van der Waals surface area contributed by atoms with Crippen molar-refractivity contribution in [1.82, 2.24) is 15.2 Å². The Morgan fingerprint density at radius 3 is 2.25 bits per heavy atom. The molecule has 0 aliphatic heterocycles. The highest BCUT2D eigenvalue weighted by Gasteiger charge is 2.15. The van der Waals surface area contributed by atoms with Gasteiger partial charge in [0.05, 0.1) is 14.2 Å². The predicted molar refractivity (Wildman–Crippen MR) is 126 cm³/mol. The van der Waals surface area contributed by atoms with Crippen molar-refractivity contribution in [3.05, 3.63) is 52.9 Å². The minimum absolute atomic E-state index is 0.120. The van der Waals surface area contributed by atoms with Gasteiger partial charge in [0.1, 0.15) is 16.4 Å². The van der Waals surface area contributed by atoms with Crippen molar-refractivity contribution in [2.24, 2.45) is 0 Å². The molecule has 2 aromatic carbocycles. The number of benzene rings is 2. The Balaban J connectivity index is 1.82. The molecule has 9 heteroatoms. The van der Waals surface area contributed by atoms with Crippen molar-refractivity contribution in [2.75, 3.05) is 32.2 Å². The molecule has 0 amide bonds. The second-order valence-corrected chi connectivity index (χ2v) is 7.76. The molecular weight excluding hydrogens is 428 g/mol. The first-order valence-corrected chi connectivity index (χ1v) is 10.9. The number of methoxy groups -OCH3 is 2. The molecule has 0 radical (unpaired) electrons. The monoisotopic (exact) mass is 454 g/mol. The molecule has 168 valence electrons. The average Bonchev–Trinajstić information content (AvgIpc) is 3.28. The molecule has 0 spiro atoms. The van der Waals surface area contributed by atoms with E-state index in [9.17, 15) is 9.90 Å². The van der Waals surface area contributed by atoms with Gasteiger partial charge in [-0.05, 0) is 61.5 Å². The number of hydrogen-bond acceptors (Lipinski definition) is 7. The number of ether oxygens (including phenoxy) is 2. The van der Waals surface area contributed by atoms with Gasteiger partial charge in [0.15, 0.2) is 5.82 Å². The molecule has 32 heavy (non-hydrogen) atoms. The van der Waals surface area contributed by atoms with Crippen molar-refractivity contribution in [3.8, 4) is 22.9 Å². The van der Waals surface area contributed by atoms with Crippen LogP contribution in [0, 0.1) is 0 Å². The summed E-state index contributed by atoms with van der Waals surface area (Å²) in [6.07, 6.45) is 1.61. The molecule has 0 aliphatic carbocycles. The molecule has 3 rings (SSSR count). The van der Waals surface area contributed by atoms with Crippen molar-refractivity contribution in [2.45, 2.75) is 19.0 Å². The lowest BCUT2D eigenvalue weighted by atomic mass is 10.2. The second kappa shape index (κ2) is 10.7. The van der Waals surface area contributed by atoms with Gasteiger partial charge in [0.2, 0.25) is 5.16 Å². The number of H-pyrrole nitrogens is 1. The number of carboxylic acid groups (broad SMARTS) is 1. The van der Waals surface area contributed by atoms with Gasteiger partial charge in [-0.1, -0.05) is 12.1 Å². The number of nitrogens with zero attached hydrogens (tertiary/aromatic N) is 3. The molecule has 0 saturated carbocycles. The van der Waals surface area contributed by atoms with Gasteiger partial charge in [-0.2, -0.15) is 0 Å². The fraction of sp³-hybridized carbons (Fsp3) is 0.261. The van der Waals surface area contributed by atoms with E-state index in [1.54, 1.807) is 38.5 Å². The summed E-state index contributed by atoms with van der Waals surface area (Å²) in [6.45, 7) is 6.02. The highest BCUT2D eigenvalue weighted by molar-refractivity contribution is 8.04. The zero-order valence-electron chi connectivity index (χ0n) is 18.5. The van der Waals surface area contributed by atoms with Gasteiger partial charge in [-0.15, -0.1) is 5.10 Å². The number of carbonyl (C=O) groups is 1. The first-order valence-electron chi connectivity index (χ1n) is 10.1. The largest absolute Gasteiger partial charge is 0.497 e. The van der Waals surface area contributed by atoms with Gasteiger partial charge in [-0.3, -0.25) is 5.10 Å². The van der Waals surface area contributed by atoms with E-state index in [0.717, 1.165) is 36.1 Å². The third kappa shape index (κ3) is 5.61. The van der Waals surface area contributed by atoms with Crippen LogP contribution >= 0.6 is 11.8 Å². The van der Waals surface area contributed by atoms with E-state index in [1.807, 2.05) is 24.3 Å². The van der Waals surface area contributed by atoms with E-state index in [4.69, 9.17) is 9.47 Å². The number of thioether (sulfide) groups is 1. The Kier molecular flexibility index (Phi) is 7.77. The Hall–Kier alpha value is -3.46. The van der Waals surface area contributed by atoms with Crippen LogP contribution in [0.25, 0.3) is 17.5 Å². The fourth-order valence-corrected chi connectivity index (χ4v) is 3.83. The lowest BCUT2D eigenvalue weighted by Gasteiger charge is -2.20. The molecule has 0 fully saturated rings. The van der Waals surface area contributed by atoms with Crippen LogP contribution in [0.1, 0.15) is 19.4 Å². The fourth-order valence-electron chi connectivity index (χ4n) is 3.12. The third-order valence-electron chi connectivity index (χ3n) is 4.82. The summed E-state index contributed by atoms with van der Waals surface area (Å²) in [5.74, 6) is 0.670. The van der Waals surface area contributed by atoms with Crippen LogP contribution in [0.3, 0.4) is 0 Å². The Bertz CT molecular complexity index is 1070. The normalized spacial score (nSPS) is 11.3. The highest BCUT2D eigenvalue weighted by atomic mass is 32.2. The van der Waals surface area contributed by atoms with E-state index in [0.29, 0.717) is 28.0 Å². The Morgan fingerprint density at radius 1 is 1.09 bits per heavy atom. The number of aromatic nitrogens is 3. The molecule has 0 bridgehead atoms. The quantitative estimate of drug-likeness (QED) is 0.340. The van der Waals surface area contributed by atoms with Gasteiger partial charge in [-0.25, -0.2) is 9.78 Å². The summed E-state index contributed by atoms with van der Waals surface area (Å²) in [6, 6.07) is 13.1. The van der Waals surface area contributed by atoms with Crippen LogP contribution in [-0.4, -0.2) is 53.6 Å². The van der Waals surface area contributed by atoms with Gasteiger partial charge in [0.25, 0.3) is 0 Å². The molecule has 3 aromatic rings. The van der Waals surface area contributed by atoms with E-state index in [1.165, 1.54) is 0 Å². The first-order chi connectivity index (χ1) is 15.5.